The van der Waals surface area contributed by atoms with E-state index in [0.29, 0.717) is 31.3 Å². The summed E-state index contributed by atoms with van der Waals surface area (Å²) in [6.45, 7) is 12.7. The Labute approximate surface area is 361 Å². The standard InChI is InChI=1S/C51H82N2O7/c1-30-17-22-59-50(27-30,44-43(60-44)48(5,57)45(2,29-54)18-13-32-16-21-53-39(52)23-32)38-25-34-11-12-36-40-42-47(4)33(24-35(55)26-37(47)41(36)56)15-20-49(42,28-46(38,3)51(34,40)58)19-14-31-9-7-6-8-10-31/h30-35,37-39,42-44,53-55,57-58H,6-29,52H2,1-5H3/p+1/t30-,32?,33-,34+,35-,37-,38+,39?,42?,43-,44+,45-,46+,47+,48-,49-,50+,51+/m0/s1. The van der Waals surface area contributed by atoms with Gasteiger partial charge in [0.05, 0.1) is 30.5 Å². The Balaban J connectivity index is 1.05. The minimum Gasteiger partial charge on any atom is -0.396 e. The zero-order chi connectivity index (χ0) is 42.3. The Morgan fingerprint density at radius 2 is 1.73 bits per heavy atom. The molecular weight excluding hydrogens is 753 g/mol. The van der Waals surface area contributed by atoms with E-state index < -0.39 is 39.8 Å². The molecule has 0 radical (unpaired) electrons. The number of rotatable bonds is 11. The van der Waals surface area contributed by atoms with Crippen molar-refractivity contribution in [3.05, 3.63) is 11.1 Å². The van der Waals surface area contributed by atoms with Crippen molar-refractivity contribution in [3.63, 3.8) is 0 Å². The van der Waals surface area contributed by atoms with Crippen molar-refractivity contribution >= 4 is 5.78 Å². The lowest BCUT2D eigenvalue weighted by atomic mass is 9.32. The molecular formula is C51H83N2O7+. The van der Waals surface area contributed by atoms with Gasteiger partial charge in [-0.05, 0) is 167 Å². The highest BCUT2D eigenvalue weighted by Crippen LogP contribution is 2.81. The summed E-state index contributed by atoms with van der Waals surface area (Å²) in [5.74, 6) is 2.16. The summed E-state index contributed by atoms with van der Waals surface area (Å²) >= 11 is 0. The molecule has 0 aromatic heterocycles. The van der Waals surface area contributed by atoms with Gasteiger partial charge in [-0.1, -0.05) is 59.8 Å². The highest BCUT2D eigenvalue weighted by atomic mass is 16.6. The number of ether oxygens (including phenoxy) is 2. The number of piperidine rings is 1. The van der Waals surface area contributed by atoms with Gasteiger partial charge in [0, 0.05) is 29.8 Å². The molecule has 0 aromatic carbocycles. The topological polar surface area (TPSA) is 162 Å². The van der Waals surface area contributed by atoms with Gasteiger partial charge in [-0.25, -0.2) is 0 Å². The van der Waals surface area contributed by atoms with Gasteiger partial charge in [-0.3, -0.25) is 10.5 Å². The number of quaternary nitrogens is 1. The van der Waals surface area contributed by atoms with Crippen LogP contribution in [-0.2, 0) is 14.3 Å². The molecule has 338 valence electrons. The highest BCUT2D eigenvalue weighted by molar-refractivity contribution is 6.00. The van der Waals surface area contributed by atoms with Crippen molar-refractivity contribution < 1.29 is 40.0 Å². The number of hydrogen-bond acceptors (Lipinski definition) is 8. The number of allylic oxidation sites excluding steroid dienone is 1. The van der Waals surface area contributed by atoms with E-state index >= 15 is 4.79 Å². The van der Waals surface area contributed by atoms with Crippen LogP contribution in [-0.4, -0.2) is 87.2 Å². The van der Waals surface area contributed by atoms with Crippen LogP contribution in [0.4, 0.5) is 0 Å². The van der Waals surface area contributed by atoms with Gasteiger partial charge in [0.1, 0.15) is 24.0 Å². The quantitative estimate of drug-likeness (QED) is 0.132. The normalized spacial score (nSPS) is 52.0. The molecule has 8 fully saturated rings. The van der Waals surface area contributed by atoms with E-state index in [9.17, 15) is 20.4 Å². The van der Waals surface area contributed by atoms with Crippen LogP contribution >= 0.6 is 0 Å². The summed E-state index contributed by atoms with van der Waals surface area (Å²) in [5.41, 5.74) is 3.69. The molecule has 10 rings (SSSR count). The summed E-state index contributed by atoms with van der Waals surface area (Å²) in [6.07, 6.45) is 20.1. The fourth-order valence-electron chi connectivity index (χ4n) is 18.2. The van der Waals surface area contributed by atoms with Gasteiger partial charge in [0.15, 0.2) is 5.78 Å². The van der Waals surface area contributed by atoms with Crippen molar-refractivity contribution in [2.24, 2.45) is 74.7 Å². The number of epoxide rings is 1. The molecule has 8 N–H and O–H groups in total. The Kier molecular flexibility index (Phi) is 10.6. The predicted octanol–water partition coefficient (Wildman–Crippen LogP) is 6.33. The van der Waals surface area contributed by atoms with Crippen LogP contribution in [0.5, 0.6) is 0 Å². The fraction of sp³-hybridized carbons (Fsp3) is 0.941. The van der Waals surface area contributed by atoms with Gasteiger partial charge < -0.3 is 35.2 Å². The number of ketones is 1. The molecule has 3 heterocycles. The monoisotopic (exact) mass is 836 g/mol. The maximum atomic E-state index is 15.1. The van der Waals surface area contributed by atoms with Crippen LogP contribution in [0.3, 0.4) is 0 Å². The van der Waals surface area contributed by atoms with E-state index in [-0.39, 0.29) is 65.1 Å². The molecule has 7 aliphatic carbocycles. The fourth-order valence-corrected chi connectivity index (χ4v) is 18.2. The van der Waals surface area contributed by atoms with E-state index in [0.717, 1.165) is 107 Å². The Morgan fingerprint density at radius 1 is 0.950 bits per heavy atom. The van der Waals surface area contributed by atoms with Crippen LogP contribution in [0.25, 0.3) is 0 Å². The summed E-state index contributed by atoms with van der Waals surface area (Å²) in [5, 5.41) is 51.7. The van der Waals surface area contributed by atoms with Crippen molar-refractivity contribution in [3.8, 4) is 0 Å². The molecule has 9 heteroatoms. The van der Waals surface area contributed by atoms with Crippen molar-refractivity contribution in [1.29, 1.82) is 0 Å². The molecule has 9 nitrogen and oxygen atoms in total. The highest BCUT2D eigenvalue weighted by Gasteiger charge is 2.81. The first-order chi connectivity index (χ1) is 28.5. The summed E-state index contributed by atoms with van der Waals surface area (Å²) in [4.78, 5) is 15.1. The van der Waals surface area contributed by atoms with Crippen LogP contribution in [0, 0.1) is 69.0 Å². The zero-order valence-corrected chi connectivity index (χ0v) is 38.1. The van der Waals surface area contributed by atoms with Gasteiger partial charge in [-0.15, -0.1) is 0 Å². The van der Waals surface area contributed by atoms with Crippen molar-refractivity contribution in [2.75, 3.05) is 19.8 Å². The molecule has 0 aromatic rings. The van der Waals surface area contributed by atoms with Gasteiger partial charge in [0.25, 0.3) is 0 Å². The first-order valence-corrected chi connectivity index (χ1v) is 25.4. The Morgan fingerprint density at radius 3 is 2.47 bits per heavy atom. The smallest absolute Gasteiger partial charge is 0.162 e. The number of aliphatic hydroxyl groups is 4. The molecule has 60 heavy (non-hydrogen) atoms. The van der Waals surface area contributed by atoms with Crippen molar-refractivity contribution in [2.45, 2.75) is 211 Å². The largest absolute Gasteiger partial charge is 0.396 e. The maximum Gasteiger partial charge on any atom is 0.162 e. The van der Waals surface area contributed by atoms with Crippen LogP contribution in [0.15, 0.2) is 11.1 Å². The molecule has 3 saturated heterocycles. The van der Waals surface area contributed by atoms with E-state index in [4.69, 9.17) is 15.2 Å². The zero-order valence-electron chi connectivity index (χ0n) is 38.1. The van der Waals surface area contributed by atoms with Gasteiger partial charge in [0.2, 0.25) is 0 Å². The first kappa shape index (κ1) is 43.0. The van der Waals surface area contributed by atoms with Crippen LogP contribution in [0.1, 0.15) is 169 Å². The third-order valence-corrected chi connectivity index (χ3v) is 21.6. The van der Waals surface area contributed by atoms with E-state index in [2.05, 4.69) is 26.1 Å². The first-order valence-electron chi connectivity index (χ1n) is 25.4. The number of hydrogen-bond donors (Lipinski definition) is 6. The number of carbonyl (C=O) groups is 1. The second-order valence-electron chi connectivity index (χ2n) is 24.6. The molecule has 3 unspecified atom stereocenters. The van der Waals surface area contributed by atoms with Gasteiger partial charge >= 0.3 is 0 Å². The van der Waals surface area contributed by atoms with Gasteiger partial charge in [-0.2, -0.15) is 0 Å². The average Bonchev–Trinajstić information content (AvgIpc) is 4.01. The molecule has 5 saturated carbocycles. The lowest BCUT2D eigenvalue weighted by molar-refractivity contribution is -0.699. The Hall–Kier alpha value is -0.910. The lowest BCUT2D eigenvalue weighted by Crippen LogP contribution is -2.94. The minimum absolute atomic E-state index is 0.0141. The van der Waals surface area contributed by atoms with Crippen LogP contribution in [0.2, 0.25) is 0 Å². The molecule has 10 aliphatic rings. The van der Waals surface area contributed by atoms with E-state index in [1.54, 1.807) is 0 Å². The second-order valence-corrected chi connectivity index (χ2v) is 24.6. The molecule has 3 aliphatic heterocycles. The summed E-state index contributed by atoms with van der Waals surface area (Å²) in [6, 6.07) is 0. The average molecular weight is 836 g/mol. The third kappa shape index (κ3) is 5.99. The summed E-state index contributed by atoms with van der Waals surface area (Å²) < 4.78 is 14.3. The summed E-state index contributed by atoms with van der Waals surface area (Å²) in [7, 11) is 0. The number of aliphatic hydroxyl groups excluding tert-OH is 2. The number of Topliss-reactive ketones (excluding diaryl/α,β-unsaturated/α-hetero) is 1. The Bertz CT molecular complexity index is 1710. The third-order valence-electron chi connectivity index (χ3n) is 21.6. The van der Waals surface area contributed by atoms with Crippen LogP contribution < -0.4 is 11.1 Å². The molecule has 0 bridgehead atoms. The molecule has 0 spiro atoms. The molecule has 0 amide bonds. The lowest BCUT2D eigenvalue weighted by Gasteiger charge is -2.73. The predicted molar refractivity (Wildman–Crippen MR) is 230 cm³/mol. The maximum absolute atomic E-state index is 15.1. The second kappa shape index (κ2) is 14.8. The van der Waals surface area contributed by atoms with E-state index in [1.165, 1.54) is 38.5 Å². The molecule has 18 atom stereocenters. The minimum atomic E-state index is -1.30. The van der Waals surface area contributed by atoms with Crippen molar-refractivity contribution in [1.82, 2.24) is 0 Å². The SMILES string of the molecule is C[C@H]1CCO[C@@]([C@@H]2O[C@@H]2[C@](C)(O)[C@](C)(CO)CCC2CC[NH2+]C(N)C2)([C@@H]2C[C@H]3CCC4=C5C6[C@@](CCC7CCCCC7)(CC[C@H]7C[C@H](O)C[C@@H](C4=O)[C@]67C)C[C@@]2(C)[C@]53O)C1. The van der Waals surface area contributed by atoms with E-state index in [1.807, 2.05) is 13.8 Å². The number of nitrogens with two attached hydrogens (primary N) is 2. The number of carbonyl (C=O) groups excluding carboxylic acids is 1.